The van der Waals surface area contributed by atoms with Gasteiger partial charge in [-0.1, -0.05) is 53.2 Å². The van der Waals surface area contributed by atoms with Crippen molar-refractivity contribution in [2.75, 3.05) is 33.0 Å². The van der Waals surface area contributed by atoms with Crippen LogP contribution in [0.5, 0.6) is 0 Å². The molecule has 4 saturated carbocycles. The molecule has 8 heterocycles. The van der Waals surface area contributed by atoms with Crippen molar-refractivity contribution in [3.8, 4) is 0 Å². The third kappa shape index (κ3) is 17.0. The molecule has 12 fully saturated rings. The van der Waals surface area contributed by atoms with Gasteiger partial charge in [-0.15, -0.1) is 0 Å². The highest BCUT2D eigenvalue weighted by Gasteiger charge is 2.74. The molecule has 0 bridgehead atoms. The van der Waals surface area contributed by atoms with Crippen LogP contribution in [-0.4, -0.2) is 415 Å². The number of aliphatic carboxylic acids is 1. The number of hydrogen-bond donors (Lipinski definition) is 22. The SMILES string of the molecule is CC(=O)OC[C@H]1O[C@@H](O[C@H]2[C@@H](O)[C@H](O[C@H]3[C@H](OC(=O)[C@]45CCC(C)(C)C[C@H]4C4=CC[C@@H]6[C@@]7(C)CC[C@H](O[C@@H]8O[C@H](C(=O)O)[C@@H](O)[C@H](O[C@@H]9OC[C@@H](O)[C@H](O)[C@H]9O)[C@H]8O[C@@H]8O[C@H](CO)[C@H](O)[C@H](O)[C@H]8O)[C@@](C)(C=O)[C@@H]7CC[C@@]6(C)[C@]4(C)C[C@H]5O)O[C@H](C)[C@H](O[C@H]4O[C@H](CO)[C@H](O)[C@H](O)[C@H]4O)[C@@H]3O)O[C@@H](C)[C@@H]2O[C@@H]2OC[C@@H](O)[C@H](O)[C@H]2O)[C@H](O)[C@@H](O)[C@@H]1O. The molecule has 22 N–H and O–H groups in total. The Balaban J connectivity index is 0.805. The number of ether oxygens (including phenoxy) is 17. The summed E-state index contributed by atoms with van der Waals surface area (Å²) >= 11 is 0. The lowest BCUT2D eigenvalue weighted by Crippen LogP contribution is -2.69. The van der Waals surface area contributed by atoms with Crippen molar-refractivity contribution >= 4 is 24.2 Å². The van der Waals surface area contributed by atoms with Crippen molar-refractivity contribution in [1.29, 1.82) is 0 Å². The maximum Gasteiger partial charge on any atom is 0.335 e. The molecule has 8 aliphatic heterocycles. The molecule has 0 aromatic rings. The van der Waals surface area contributed by atoms with E-state index in [4.69, 9.17) is 80.5 Å². The predicted octanol–water partition coefficient (Wildman–Crippen LogP) is -8.59. The van der Waals surface area contributed by atoms with Crippen LogP contribution in [-0.2, 0) is 99.7 Å². The smallest absolute Gasteiger partial charge is 0.335 e. The second-order valence-electron chi connectivity index (χ2n) is 37.0. The van der Waals surface area contributed by atoms with Gasteiger partial charge in [-0.25, -0.2) is 4.79 Å². The van der Waals surface area contributed by atoms with Crippen molar-refractivity contribution in [2.45, 2.75) is 366 Å². The predicted molar refractivity (Wildman–Crippen MR) is 390 cm³/mol. The van der Waals surface area contributed by atoms with Gasteiger partial charge < -0.3 is 198 Å². The van der Waals surface area contributed by atoms with Crippen LogP contribution in [0, 0.1) is 50.2 Å². The fraction of sp³-hybridized carbons (Fsp3) is 0.923. The van der Waals surface area contributed by atoms with Gasteiger partial charge in [0.05, 0.1) is 56.3 Å². The van der Waals surface area contributed by atoms with Crippen LogP contribution in [0.15, 0.2) is 11.6 Å². The molecule has 43 heteroatoms. The van der Waals surface area contributed by atoms with Gasteiger partial charge in [-0.3, -0.25) is 9.59 Å². The number of allylic oxidation sites excluding steroid dienone is 2. The highest BCUT2D eigenvalue weighted by molar-refractivity contribution is 5.80. The summed E-state index contributed by atoms with van der Waals surface area (Å²) in [6.45, 7) is 11.9. The first-order chi connectivity index (χ1) is 56.8. The van der Waals surface area contributed by atoms with Crippen molar-refractivity contribution < 1.29 is 212 Å². The molecule has 0 amide bonds. The largest absolute Gasteiger partial charge is 0.479 e. The molecule has 13 aliphatic rings. The third-order valence-electron chi connectivity index (χ3n) is 29.2. The van der Waals surface area contributed by atoms with Crippen LogP contribution in [0.3, 0.4) is 0 Å². The van der Waals surface area contributed by atoms with Crippen molar-refractivity contribution in [3.63, 3.8) is 0 Å². The van der Waals surface area contributed by atoms with Crippen LogP contribution >= 0.6 is 0 Å². The maximum atomic E-state index is 16.3. The number of aldehydes is 1. The van der Waals surface area contributed by atoms with Crippen LogP contribution < -0.4 is 0 Å². The molecule has 5 aliphatic carbocycles. The molecule has 0 unspecified atom stereocenters. The van der Waals surface area contributed by atoms with Gasteiger partial charge in [0.1, 0.15) is 177 Å². The molecule has 8 saturated heterocycles. The highest BCUT2D eigenvalue weighted by atomic mass is 16.8. The van der Waals surface area contributed by atoms with Crippen LogP contribution in [0.1, 0.15) is 120 Å². The number of esters is 2. The number of hydrogen-bond acceptors (Lipinski definition) is 42. The molecule has 0 spiro atoms. The minimum Gasteiger partial charge on any atom is -0.479 e. The lowest BCUT2D eigenvalue weighted by molar-refractivity contribution is -0.400. The van der Waals surface area contributed by atoms with E-state index in [-0.39, 0.29) is 31.6 Å². The quantitative estimate of drug-likeness (QED) is 0.0207. The van der Waals surface area contributed by atoms with Crippen LogP contribution in [0.4, 0.5) is 0 Å². The van der Waals surface area contributed by atoms with Gasteiger partial charge >= 0.3 is 17.9 Å². The second kappa shape index (κ2) is 36.4. The Kier molecular flexibility index (Phi) is 28.6. The van der Waals surface area contributed by atoms with Crippen LogP contribution in [0.25, 0.3) is 0 Å². The van der Waals surface area contributed by atoms with Gasteiger partial charge in [0.15, 0.2) is 56.2 Å². The lowest BCUT2D eigenvalue weighted by atomic mass is 9.33. The standard InChI is InChI=1S/C78H122O43/c1-26-56(114-66-50(96)45(91)42(88)33(20-79)110-66)53(99)61(119-69-55(101)59(57(27(2)108-69)115-64-48(94)40(86)31(83)22-106-64)117-68-52(98)47(93)44(90)35(112-68)24-105-28(3)82)70(109-26)121-72(104)78-17-16-73(4,5)18-30(78)29-10-11-37-74(6)14-13-39(75(7,25-81)36(74)12-15-76(37,8)77(29,9)19-38(78)85)113-71-62(120-67-51(97)46(92)43(89)34(21-80)111-67)58(54(100)60(118-71)63(102)103)116-65-49(95)41(87)32(84)23-107-65/h10,25-27,30-62,64-71,79-80,83-101H,11-24H2,1-9H3,(H,102,103)/t26-,27+,30+,31-,32-,33-,34-,35-,36-,37-,38-,39+,40+,41+,42+,43+,44-,45+,46+,47+,48-,49-,50-,51-,52-,53+,54+,55-,56+,57+,58+,59+,60+,61-,62-,64+,65+,66-,67+,68+,69+,70+,71-,74+,75+,76-,77-,78-/m1/s1. The summed E-state index contributed by atoms with van der Waals surface area (Å²) in [5.41, 5.74) is -5.58. The summed E-state index contributed by atoms with van der Waals surface area (Å²) in [6.07, 6.45) is -71.4. The van der Waals surface area contributed by atoms with E-state index < -0.39 is 341 Å². The normalized spacial score (nSPS) is 53.8. The minimum absolute atomic E-state index is 0.00164. The Bertz CT molecular complexity index is 3600. The molecule has 692 valence electrons. The average Bonchev–Trinajstić information content (AvgIpc) is 0.668. The Morgan fingerprint density at radius 1 is 0.463 bits per heavy atom. The highest BCUT2D eigenvalue weighted by Crippen LogP contribution is 2.76. The first-order valence-corrected chi connectivity index (χ1v) is 41.4. The van der Waals surface area contributed by atoms with E-state index in [9.17, 15) is 127 Å². The Hall–Kier alpha value is -3.62. The first-order valence-electron chi connectivity index (χ1n) is 41.4. The topological polar surface area (TPSA) is 670 Å². The second-order valence-corrected chi connectivity index (χ2v) is 37.0. The van der Waals surface area contributed by atoms with E-state index in [1.165, 1.54) is 13.8 Å². The van der Waals surface area contributed by atoms with E-state index in [2.05, 4.69) is 19.9 Å². The molecule has 0 aromatic carbocycles. The van der Waals surface area contributed by atoms with Gasteiger partial charge in [0.25, 0.3) is 0 Å². The Morgan fingerprint density at radius 2 is 0.942 bits per heavy atom. The molecule has 43 nitrogen and oxygen atoms in total. The fourth-order valence-electron chi connectivity index (χ4n) is 21.9. The van der Waals surface area contributed by atoms with Crippen molar-refractivity contribution in [1.82, 2.24) is 0 Å². The van der Waals surface area contributed by atoms with E-state index in [1.807, 2.05) is 20.8 Å². The summed E-state index contributed by atoms with van der Waals surface area (Å²) in [5.74, 6) is -5.35. The zero-order valence-electron chi connectivity index (χ0n) is 68.3. The molecule has 13 rings (SSSR count). The number of aliphatic hydroxyl groups is 21. The fourth-order valence-corrected chi connectivity index (χ4v) is 21.9. The molecule has 121 heavy (non-hydrogen) atoms. The zero-order chi connectivity index (χ0) is 88.5. The van der Waals surface area contributed by atoms with Crippen molar-refractivity contribution in [2.24, 2.45) is 50.2 Å². The number of aliphatic hydroxyl groups excluding tert-OH is 21. The average molecular weight is 1750 g/mol. The zero-order valence-corrected chi connectivity index (χ0v) is 68.3. The third-order valence-corrected chi connectivity index (χ3v) is 29.2. The number of carbonyl (C=O) groups is 4. The summed E-state index contributed by atoms with van der Waals surface area (Å²) < 4.78 is 103. The maximum absolute atomic E-state index is 16.3. The molecule has 48 atom stereocenters. The Morgan fingerprint density at radius 3 is 1.49 bits per heavy atom. The van der Waals surface area contributed by atoms with Gasteiger partial charge in [0.2, 0.25) is 6.29 Å². The molecule has 0 radical (unpaired) electrons. The first kappa shape index (κ1) is 95.0. The van der Waals surface area contributed by atoms with E-state index in [1.54, 1.807) is 6.92 Å². The lowest BCUT2D eigenvalue weighted by Gasteiger charge is -2.71. The monoisotopic (exact) mass is 1750 g/mol. The van der Waals surface area contributed by atoms with E-state index in [0.717, 1.165) is 18.8 Å². The molecular formula is C78H122O43. The summed E-state index contributed by atoms with van der Waals surface area (Å²) in [7, 11) is 0. The number of rotatable bonds is 22. The van der Waals surface area contributed by atoms with E-state index in [0.29, 0.717) is 32.1 Å². The van der Waals surface area contributed by atoms with Gasteiger partial charge in [0, 0.05) is 6.92 Å². The summed E-state index contributed by atoms with van der Waals surface area (Å²) in [4.78, 5) is 55.8. The van der Waals surface area contributed by atoms with Gasteiger partial charge in [-0.05, 0) is 111 Å². The van der Waals surface area contributed by atoms with Crippen molar-refractivity contribution in [3.05, 3.63) is 11.6 Å². The van der Waals surface area contributed by atoms with E-state index >= 15 is 4.79 Å². The molecule has 0 aromatic heterocycles. The number of fused-ring (bicyclic) bond motifs is 7. The number of carboxylic acid groups (broad SMARTS) is 1. The minimum atomic E-state index is -2.29. The van der Waals surface area contributed by atoms with Gasteiger partial charge in [-0.2, -0.15) is 0 Å². The van der Waals surface area contributed by atoms with Crippen LogP contribution in [0.2, 0.25) is 0 Å². The number of carbonyl (C=O) groups excluding carboxylic acids is 3. The molecular weight excluding hydrogens is 1620 g/mol. The Labute approximate surface area is 694 Å². The summed E-state index contributed by atoms with van der Waals surface area (Å²) in [6, 6.07) is 0. The summed E-state index contributed by atoms with van der Waals surface area (Å²) in [5, 5.41) is 246. The number of carboxylic acids is 1.